The van der Waals surface area contributed by atoms with E-state index >= 15 is 0 Å². The van der Waals surface area contributed by atoms with Gasteiger partial charge < -0.3 is 9.84 Å². The molecule has 1 aromatic rings. The lowest BCUT2D eigenvalue weighted by Crippen LogP contribution is -2.23. The lowest BCUT2D eigenvalue weighted by molar-refractivity contribution is -0.0240. The van der Waals surface area contributed by atoms with Crippen LogP contribution in [0.5, 0.6) is 0 Å². The number of hydrogen-bond donors (Lipinski definition) is 1. The molecule has 1 N–H and O–H groups in total. The predicted octanol–water partition coefficient (Wildman–Crippen LogP) is 2.22. The van der Waals surface area contributed by atoms with E-state index in [1.165, 1.54) is 0 Å². The van der Waals surface area contributed by atoms with Gasteiger partial charge in [-0.05, 0) is 11.5 Å². The second-order valence-corrected chi connectivity index (χ2v) is 3.76. The van der Waals surface area contributed by atoms with E-state index in [1.54, 1.807) is 0 Å². The summed E-state index contributed by atoms with van der Waals surface area (Å²) in [4.78, 5) is 0. The Morgan fingerprint density at radius 1 is 1.21 bits per heavy atom. The van der Waals surface area contributed by atoms with Crippen LogP contribution in [0.3, 0.4) is 0 Å². The Labute approximate surface area is 85.5 Å². The fourth-order valence-corrected chi connectivity index (χ4v) is 1.23. The van der Waals surface area contributed by atoms with Crippen LogP contribution >= 0.6 is 0 Å². The minimum absolute atomic E-state index is 0.0600. The monoisotopic (exact) mass is 194 g/mol. The molecular weight excluding hydrogens is 176 g/mol. The fourth-order valence-electron chi connectivity index (χ4n) is 1.23. The largest absolute Gasteiger partial charge is 0.394 e. The van der Waals surface area contributed by atoms with Gasteiger partial charge in [-0.3, -0.25) is 0 Å². The lowest BCUT2D eigenvalue weighted by atomic mass is 10.1. The van der Waals surface area contributed by atoms with E-state index in [-0.39, 0.29) is 12.7 Å². The molecule has 0 saturated carbocycles. The maximum absolute atomic E-state index is 9.05. The first-order valence-electron chi connectivity index (χ1n) is 5.00. The van der Waals surface area contributed by atoms with Gasteiger partial charge in [0.05, 0.1) is 19.3 Å². The van der Waals surface area contributed by atoms with Gasteiger partial charge in [0.15, 0.2) is 0 Å². The molecule has 2 nitrogen and oxygen atoms in total. The highest BCUT2D eigenvalue weighted by atomic mass is 16.5. The molecular formula is C12H18O2. The highest BCUT2D eigenvalue weighted by molar-refractivity contribution is 5.13. The summed E-state index contributed by atoms with van der Waals surface area (Å²) in [6.45, 7) is 4.76. The summed E-state index contributed by atoms with van der Waals surface area (Å²) in [5.41, 5.74) is 1.15. The zero-order chi connectivity index (χ0) is 10.4. The Kier molecular flexibility index (Phi) is 4.63. The highest BCUT2D eigenvalue weighted by Crippen LogP contribution is 2.09. The summed E-state index contributed by atoms with van der Waals surface area (Å²) >= 11 is 0. The molecule has 0 unspecified atom stereocenters. The molecule has 2 heteroatoms. The quantitative estimate of drug-likeness (QED) is 0.778. The van der Waals surface area contributed by atoms with E-state index in [0.29, 0.717) is 12.5 Å². The van der Waals surface area contributed by atoms with Gasteiger partial charge in [0, 0.05) is 0 Å². The van der Waals surface area contributed by atoms with Crippen LogP contribution in [0.4, 0.5) is 0 Å². The van der Waals surface area contributed by atoms with Crippen LogP contribution in [0.15, 0.2) is 30.3 Å². The van der Waals surface area contributed by atoms with Crippen molar-refractivity contribution < 1.29 is 9.84 Å². The summed E-state index contributed by atoms with van der Waals surface area (Å²) in [7, 11) is 0. The van der Waals surface area contributed by atoms with Gasteiger partial charge in [-0.1, -0.05) is 44.2 Å². The topological polar surface area (TPSA) is 29.5 Å². The van der Waals surface area contributed by atoms with E-state index in [4.69, 9.17) is 9.84 Å². The molecule has 0 aliphatic rings. The number of benzene rings is 1. The number of aliphatic hydroxyl groups excluding tert-OH is 1. The molecule has 0 aliphatic carbocycles. The maximum Gasteiger partial charge on any atom is 0.0833 e. The Bertz CT molecular complexity index is 244. The van der Waals surface area contributed by atoms with Crippen molar-refractivity contribution >= 4 is 0 Å². The lowest BCUT2D eigenvalue weighted by Gasteiger charge is -2.18. The van der Waals surface area contributed by atoms with Crippen LogP contribution in [0.1, 0.15) is 19.4 Å². The molecule has 78 valence electrons. The van der Waals surface area contributed by atoms with Gasteiger partial charge in [0.25, 0.3) is 0 Å². The SMILES string of the molecule is CC(C)[C@@H](CO)OCc1ccccc1. The van der Waals surface area contributed by atoms with Gasteiger partial charge in [-0.25, -0.2) is 0 Å². The van der Waals surface area contributed by atoms with Crippen molar-refractivity contribution in [3.05, 3.63) is 35.9 Å². The highest BCUT2D eigenvalue weighted by Gasteiger charge is 2.11. The molecule has 0 saturated heterocycles. The molecule has 1 aromatic carbocycles. The molecule has 0 heterocycles. The Balaban J connectivity index is 2.40. The van der Waals surface area contributed by atoms with E-state index in [0.717, 1.165) is 5.56 Å². The molecule has 14 heavy (non-hydrogen) atoms. The smallest absolute Gasteiger partial charge is 0.0833 e. The average Bonchev–Trinajstić information content (AvgIpc) is 2.20. The van der Waals surface area contributed by atoms with E-state index < -0.39 is 0 Å². The molecule has 0 spiro atoms. The predicted molar refractivity (Wildman–Crippen MR) is 56.9 cm³/mol. The molecule has 0 aliphatic heterocycles. The molecule has 0 fully saturated rings. The third kappa shape index (κ3) is 3.48. The van der Waals surface area contributed by atoms with Crippen LogP contribution in [-0.2, 0) is 11.3 Å². The Hall–Kier alpha value is -0.860. The molecule has 0 bridgehead atoms. The van der Waals surface area contributed by atoms with Crippen molar-refractivity contribution in [2.75, 3.05) is 6.61 Å². The van der Waals surface area contributed by atoms with Crippen molar-refractivity contribution in [3.8, 4) is 0 Å². The fraction of sp³-hybridized carbons (Fsp3) is 0.500. The second-order valence-electron chi connectivity index (χ2n) is 3.76. The molecule has 1 atom stereocenters. The molecule has 0 amide bonds. The third-order valence-corrected chi connectivity index (χ3v) is 2.23. The van der Waals surface area contributed by atoms with Crippen molar-refractivity contribution in [1.29, 1.82) is 0 Å². The van der Waals surface area contributed by atoms with Gasteiger partial charge in [0.1, 0.15) is 0 Å². The minimum Gasteiger partial charge on any atom is -0.394 e. The first-order chi connectivity index (χ1) is 6.74. The van der Waals surface area contributed by atoms with Crippen LogP contribution < -0.4 is 0 Å². The zero-order valence-corrected chi connectivity index (χ0v) is 8.81. The Morgan fingerprint density at radius 2 is 1.86 bits per heavy atom. The number of rotatable bonds is 5. The molecule has 1 rings (SSSR count). The standard InChI is InChI=1S/C12H18O2/c1-10(2)12(8-13)14-9-11-6-4-3-5-7-11/h3-7,10,12-13H,8-9H2,1-2H3/t12-/m1/s1. The Morgan fingerprint density at radius 3 is 2.36 bits per heavy atom. The van der Waals surface area contributed by atoms with E-state index in [9.17, 15) is 0 Å². The first kappa shape index (κ1) is 11.2. The van der Waals surface area contributed by atoms with Crippen LogP contribution in [0.2, 0.25) is 0 Å². The van der Waals surface area contributed by atoms with Crippen molar-refractivity contribution in [1.82, 2.24) is 0 Å². The van der Waals surface area contributed by atoms with Crippen LogP contribution in [-0.4, -0.2) is 17.8 Å². The van der Waals surface area contributed by atoms with Crippen molar-refractivity contribution in [3.63, 3.8) is 0 Å². The number of aliphatic hydroxyl groups is 1. The summed E-state index contributed by atoms with van der Waals surface area (Å²) in [6, 6.07) is 10.0. The average molecular weight is 194 g/mol. The van der Waals surface area contributed by atoms with Crippen LogP contribution in [0.25, 0.3) is 0 Å². The van der Waals surface area contributed by atoms with Crippen molar-refractivity contribution in [2.24, 2.45) is 5.92 Å². The van der Waals surface area contributed by atoms with Gasteiger partial charge >= 0.3 is 0 Å². The van der Waals surface area contributed by atoms with Gasteiger partial charge in [-0.2, -0.15) is 0 Å². The van der Waals surface area contributed by atoms with Crippen molar-refractivity contribution in [2.45, 2.75) is 26.6 Å². The summed E-state index contributed by atoms with van der Waals surface area (Å²) < 4.78 is 5.59. The second kappa shape index (κ2) is 5.78. The summed E-state index contributed by atoms with van der Waals surface area (Å²) in [5.74, 6) is 0.351. The normalized spacial score (nSPS) is 13.1. The third-order valence-electron chi connectivity index (χ3n) is 2.23. The number of hydrogen-bond acceptors (Lipinski definition) is 2. The number of ether oxygens (including phenoxy) is 1. The minimum atomic E-state index is -0.0600. The summed E-state index contributed by atoms with van der Waals surface area (Å²) in [5, 5.41) is 9.05. The molecule has 0 radical (unpaired) electrons. The van der Waals surface area contributed by atoms with Gasteiger partial charge in [0.2, 0.25) is 0 Å². The first-order valence-corrected chi connectivity index (χ1v) is 5.00. The molecule has 0 aromatic heterocycles. The van der Waals surface area contributed by atoms with E-state index in [1.807, 2.05) is 44.2 Å². The zero-order valence-electron chi connectivity index (χ0n) is 8.81. The van der Waals surface area contributed by atoms with Gasteiger partial charge in [-0.15, -0.1) is 0 Å². The maximum atomic E-state index is 9.05. The van der Waals surface area contributed by atoms with E-state index in [2.05, 4.69) is 0 Å². The summed E-state index contributed by atoms with van der Waals surface area (Å²) in [6.07, 6.45) is -0.0600. The van der Waals surface area contributed by atoms with Crippen LogP contribution in [0, 0.1) is 5.92 Å².